The Kier molecular flexibility index (Phi) is 4.49. The molecular weight excluding hydrogens is 358 g/mol. The van der Waals surface area contributed by atoms with E-state index in [4.69, 9.17) is 0 Å². The molecular formula is C14H17Br2NO. The van der Waals surface area contributed by atoms with Gasteiger partial charge in [-0.25, -0.2) is 0 Å². The maximum absolute atomic E-state index is 12.4. The maximum Gasteiger partial charge on any atom is 0.253 e. The first kappa shape index (κ1) is 14.1. The summed E-state index contributed by atoms with van der Waals surface area (Å²) < 4.78 is 0.997. The highest BCUT2D eigenvalue weighted by molar-refractivity contribution is 9.10. The Labute approximate surface area is 125 Å². The molecule has 1 amide bonds. The van der Waals surface area contributed by atoms with Crippen LogP contribution in [0.15, 0.2) is 22.7 Å². The maximum atomic E-state index is 12.4. The Balaban J connectivity index is 2.14. The number of hydrogen-bond acceptors (Lipinski definition) is 1. The second-order valence-corrected chi connectivity index (χ2v) is 7.03. The Morgan fingerprint density at radius 2 is 2.17 bits per heavy atom. The zero-order chi connectivity index (χ0) is 13.3. The van der Waals surface area contributed by atoms with Crippen LogP contribution in [0.1, 0.15) is 29.3 Å². The van der Waals surface area contributed by atoms with E-state index in [0.717, 1.165) is 35.1 Å². The Bertz CT molecular complexity index is 461. The fraction of sp³-hybridized carbons (Fsp3) is 0.500. The molecule has 1 fully saturated rings. The average molecular weight is 375 g/mol. The molecule has 1 aliphatic rings. The zero-order valence-electron chi connectivity index (χ0n) is 10.6. The molecule has 98 valence electrons. The summed E-state index contributed by atoms with van der Waals surface area (Å²) in [5.41, 5.74) is 1.92. The van der Waals surface area contributed by atoms with Gasteiger partial charge in [-0.3, -0.25) is 4.79 Å². The monoisotopic (exact) mass is 373 g/mol. The standard InChI is InChI=1S/C14H17Br2NO/c1-9-3-4-11(7-13(9)16)14(18)17-6-5-12(15)10(2)8-17/h3-4,7,10,12H,5-6,8H2,1-2H3. The molecule has 0 saturated carbocycles. The minimum Gasteiger partial charge on any atom is -0.338 e. The van der Waals surface area contributed by atoms with Crippen LogP contribution in [0, 0.1) is 12.8 Å². The first-order valence-corrected chi connectivity index (χ1v) is 7.89. The fourth-order valence-electron chi connectivity index (χ4n) is 2.21. The number of benzene rings is 1. The largest absolute Gasteiger partial charge is 0.338 e. The lowest BCUT2D eigenvalue weighted by Gasteiger charge is -2.34. The highest BCUT2D eigenvalue weighted by Crippen LogP contribution is 2.25. The summed E-state index contributed by atoms with van der Waals surface area (Å²) in [6.45, 7) is 5.88. The number of alkyl halides is 1. The Morgan fingerprint density at radius 1 is 1.44 bits per heavy atom. The minimum absolute atomic E-state index is 0.141. The summed E-state index contributed by atoms with van der Waals surface area (Å²) in [5, 5.41) is 0. The molecule has 2 rings (SSSR count). The molecule has 1 aliphatic heterocycles. The zero-order valence-corrected chi connectivity index (χ0v) is 13.8. The van der Waals surface area contributed by atoms with Gasteiger partial charge >= 0.3 is 0 Å². The van der Waals surface area contributed by atoms with E-state index >= 15 is 0 Å². The van der Waals surface area contributed by atoms with E-state index in [0.29, 0.717) is 10.7 Å². The number of rotatable bonds is 1. The second-order valence-electron chi connectivity index (χ2n) is 5.00. The summed E-state index contributed by atoms with van der Waals surface area (Å²) in [7, 11) is 0. The molecule has 0 radical (unpaired) electrons. The van der Waals surface area contributed by atoms with Crippen LogP contribution in [0.4, 0.5) is 0 Å². The van der Waals surface area contributed by atoms with Gasteiger partial charge in [0.15, 0.2) is 0 Å². The van der Waals surface area contributed by atoms with Crippen molar-refractivity contribution in [1.82, 2.24) is 4.90 Å². The van der Waals surface area contributed by atoms with Gasteiger partial charge in [-0.05, 0) is 37.0 Å². The Morgan fingerprint density at radius 3 is 2.78 bits per heavy atom. The van der Waals surface area contributed by atoms with Gasteiger partial charge in [-0.1, -0.05) is 44.8 Å². The van der Waals surface area contributed by atoms with E-state index < -0.39 is 0 Å². The first-order chi connectivity index (χ1) is 8.49. The van der Waals surface area contributed by atoms with Crippen molar-refractivity contribution < 1.29 is 4.79 Å². The number of carbonyl (C=O) groups is 1. The lowest BCUT2D eigenvalue weighted by atomic mass is 9.99. The second kappa shape index (κ2) is 5.74. The van der Waals surface area contributed by atoms with Gasteiger partial charge in [-0.2, -0.15) is 0 Å². The molecule has 0 aromatic heterocycles. The molecule has 1 saturated heterocycles. The normalized spacial score (nSPS) is 24.1. The fourth-order valence-corrected chi connectivity index (χ4v) is 2.96. The third-order valence-electron chi connectivity index (χ3n) is 3.51. The summed E-state index contributed by atoms with van der Waals surface area (Å²) in [6.07, 6.45) is 1.03. The van der Waals surface area contributed by atoms with Crippen LogP contribution in [-0.4, -0.2) is 28.7 Å². The molecule has 4 heteroatoms. The van der Waals surface area contributed by atoms with Crippen molar-refractivity contribution in [3.63, 3.8) is 0 Å². The summed E-state index contributed by atoms with van der Waals surface area (Å²) in [4.78, 5) is 14.9. The SMILES string of the molecule is Cc1ccc(C(=O)N2CCC(Br)C(C)C2)cc1Br. The van der Waals surface area contributed by atoms with Crippen LogP contribution >= 0.6 is 31.9 Å². The van der Waals surface area contributed by atoms with Crippen molar-refractivity contribution in [2.24, 2.45) is 5.92 Å². The number of aryl methyl sites for hydroxylation is 1. The molecule has 0 bridgehead atoms. The molecule has 0 aliphatic carbocycles. The molecule has 18 heavy (non-hydrogen) atoms. The van der Waals surface area contributed by atoms with Gasteiger partial charge in [0.05, 0.1) is 0 Å². The molecule has 1 aromatic carbocycles. The van der Waals surface area contributed by atoms with Gasteiger partial charge in [0.2, 0.25) is 0 Å². The first-order valence-electron chi connectivity index (χ1n) is 6.18. The number of likely N-dealkylation sites (tertiary alicyclic amines) is 1. The number of amides is 1. The van der Waals surface area contributed by atoms with Crippen molar-refractivity contribution in [1.29, 1.82) is 0 Å². The molecule has 0 spiro atoms. The van der Waals surface area contributed by atoms with Gasteiger partial charge in [-0.15, -0.1) is 0 Å². The lowest BCUT2D eigenvalue weighted by molar-refractivity contribution is 0.0690. The van der Waals surface area contributed by atoms with E-state index in [9.17, 15) is 4.79 Å². The average Bonchev–Trinajstić information content (AvgIpc) is 2.35. The van der Waals surface area contributed by atoms with Crippen molar-refractivity contribution in [2.45, 2.75) is 25.1 Å². The highest BCUT2D eigenvalue weighted by atomic mass is 79.9. The van der Waals surface area contributed by atoms with Gasteiger partial charge in [0.1, 0.15) is 0 Å². The highest BCUT2D eigenvalue weighted by Gasteiger charge is 2.27. The van der Waals surface area contributed by atoms with E-state index in [1.54, 1.807) is 0 Å². The molecule has 0 N–H and O–H groups in total. The molecule has 2 atom stereocenters. The van der Waals surface area contributed by atoms with Crippen LogP contribution < -0.4 is 0 Å². The predicted molar refractivity (Wildman–Crippen MR) is 81.3 cm³/mol. The quantitative estimate of drug-likeness (QED) is 0.680. The van der Waals surface area contributed by atoms with E-state index in [-0.39, 0.29) is 5.91 Å². The van der Waals surface area contributed by atoms with E-state index in [2.05, 4.69) is 38.8 Å². The minimum atomic E-state index is 0.141. The number of carbonyl (C=O) groups excluding carboxylic acids is 1. The van der Waals surface area contributed by atoms with Crippen molar-refractivity contribution >= 4 is 37.8 Å². The number of halogens is 2. The van der Waals surface area contributed by atoms with Crippen LogP contribution in [0.25, 0.3) is 0 Å². The van der Waals surface area contributed by atoms with Gasteiger partial charge < -0.3 is 4.90 Å². The molecule has 1 heterocycles. The third kappa shape index (κ3) is 2.97. The van der Waals surface area contributed by atoms with Crippen molar-refractivity contribution in [2.75, 3.05) is 13.1 Å². The van der Waals surface area contributed by atoms with Crippen LogP contribution in [0.5, 0.6) is 0 Å². The van der Waals surface area contributed by atoms with Gasteiger partial charge in [0.25, 0.3) is 5.91 Å². The van der Waals surface area contributed by atoms with Crippen molar-refractivity contribution in [3.05, 3.63) is 33.8 Å². The predicted octanol–water partition coefficient (Wildman–Crippen LogP) is 4.00. The van der Waals surface area contributed by atoms with Crippen LogP contribution in [-0.2, 0) is 0 Å². The smallest absolute Gasteiger partial charge is 0.253 e. The number of piperidine rings is 1. The van der Waals surface area contributed by atoms with E-state index in [1.165, 1.54) is 0 Å². The summed E-state index contributed by atoms with van der Waals surface area (Å²) >= 11 is 7.14. The Hall–Kier alpha value is -0.350. The molecule has 2 unspecified atom stereocenters. The number of nitrogens with zero attached hydrogens (tertiary/aromatic N) is 1. The number of hydrogen-bond donors (Lipinski definition) is 0. The summed E-state index contributed by atoms with van der Waals surface area (Å²) in [6, 6.07) is 5.81. The lowest BCUT2D eigenvalue weighted by Crippen LogP contribution is -2.43. The molecule has 2 nitrogen and oxygen atoms in total. The van der Waals surface area contributed by atoms with Crippen molar-refractivity contribution in [3.8, 4) is 0 Å². The van der Waals surface area contributed by atoms with Crippen LogP contribution in [0.2, 0.25) is 0 Å². The van der Waals surface area contributed by atoms with E-state index in [1.807, 2.05) is 30.0 Å². The van der Waals surface area contributed by atoms with Crippen LogP contribution in [0.3, 0.4) is 0 Å². The summed E-state index contributed by atoms with van der Waals surface area (Å²) in [5.74, 6) is 0.651. The van der Waals surface area contributed by atoms with Gasteiger partial charge in [0, 0.05) is 28.0 Å². The molecule has 1 aromatic rings. The third-order valence-corrected chi connectivity index (χ3v) is 5.72. The topological polar surface area (TPSA) is 20.3 Å².